The number of thioether (sulfide) groups is 1. The van der Waals surface area contributed by atoms with E-state index in [0.29, 0.717) is 6.42 Å². The molecule has 0 spiro atoms. The van der Waals surface area contributed by atoms with Gasteiger partial charge in [0, 0.05) is 24.6 Å². The highest BCUT2D eigenvalue weighted by molar-refractivity contribution is 8.23. The highest BCUT2D eigenvalue weighted by atomic mass is 32.2. The van der Waals surface area contributed by atoms with Gasteiger partial charge in [-0.2, -0.15) is 11.3 Å². The van der Waals surface area contributed by atoms with Crippen LogP contribution in [-0.4, -0.2) is 30.2 Å². The number of anilines is 1. The third kappa shape index (κ3) is 5.06. The molecule has 0 atom stereocenters. The van der Waals surface area contributed by atoms with E-state index >= 15 is 0 Å². The Hall–Kier alpha value is -0.590. The average Bonchev–Trinajstić information content (AvgIpc) is 2.86. The molecule has 0 unspecified atom stereocenters. The molecule has 1 aromatic rings. The van der Waals surface area contributed by atoms with Crippen molar-refractivity contribution in [3.05, 3.63) is 16.8 Å². The van der Waals surface area contributed by atoms with E-state index in [4.69, 9.17) is 12.2 Å². The maximum atomic E-state index is 10.9. The predicted molar refractivity (Wildman–Crippen MR) is 79.0 cm³/mol. The van der Waals surface area contributed by atoms with E-state index in [1.54, 1.807) is 23.1 Å². The van der Waals surface area contributed by atoms with Gasteiger partial charge in [0.2, 0.25) is 0 Å². The molecule has 0 bridgehead atoms. The molecule has 0 amide bonds. The number of hydrogen-bond acceptors (Lipinski definition) is 5. The third-order valence-electron chi connectivity index (χ3n) is 2.15. The van der Waals surface area contributed by atoms with E-state index in [2.05, 4.69) is 10.1 Å². The van der Waals surface area contributed by atoms with Crippen LogP contribution in [0, 0.1) is 0 Å². The molecule has 3 nitrogen and oxygen atoms in total. The first kappa shape index (κ1) is 14.5. The maximum Gasteiger partial charge on any atom is 0.305 e. The molecule has 0 fully saturated rings. The lowest BCUT2D eigenvalue weighted by Crippen LogP contribution is -2.21. The molecule has 0 saturated carbocycles. The number of methoxy groups -OCH3 is 1. The number of carbonyl (C=O) groups excluding carboxylic acids is 1. The van der Waals surface area contributed by atoms with Gasteiger partial charge in [0.1, 0.15) is 4.32 Å². The van der Waals surface area contributed by atoms with Gasteiger partial charge < -0.3 is 9.64 Å². The zero-order chi connectivity index (χ0) is 12.7. The van der Waals surface area contributed by atoms with Gasteiger partial charge in [-0.05, 0) is 17.9 Å². The summed E-state index contributed by atoms with van der Waals surface area (Å²) < 4.78 is 5.40. The van der Waals surface area contributed by atoms with Crippen molar-refractivity contribution in [3.8, 4) is 0 Å². The molecule has 1 aromatic heterocycles. The van der Waals surface area contributed by atoms with Gasteiger partial charge in [0.05, 0.1) is 12.8 Å². The average molecular weight is 289 g/mol. The summed E-state index contributed by atoms with van der Waals surface area (Å²) in [4.78, 5) is 12.9. The van der Waals surface area contributed by atoms with Gasteiger partial charge in [-0.1, -0.05) is 24.0 Å². The first-order valence-electron chi connectivity index (χ1n) is 5.14. The number of nitrogens with zero attached hydrogens (tertiary/aromatic N) is 1. The minimum absolute atomic E-state index is 0.164. The van der Waals surface area contributed by atoms with Crippen LogP contribution in [-0.2, 0) is 9.53 Å². The summed E-state index contributed by atoms with van der Waals surface area (Å²) in [5, 5.41) is 4.08. The second-order valence-corrected chi connectivity index (χ2v) is 5.84. The van der Waals surface area contributed by atoms with Crippen molar-refractivity contribution in [2.75, 3.05) is 24.8 Å². The Labute approximate surface area is 115 Å². The molecular weight excluding hydrogens is 274 g/mol. The fraction of sp³-hybridized carbons (Fsp3) is 0.455. The number of rotatable bonds is 5. The smallest absolute Gasteiger partial charge is 0.305 e. The van der Waals surface area contributed by atoms with Crippen LogP contribution in [0.2, 0.25) is 0 Å². The standard InChI is InChI=1S/C11H15NO2S3/c1-12(9-5-7-16-8-9)11(15)17-6-3-4-10(13)14-2/h5,7-8H,3-4,6H2,1-2H3. The van der Waals surface area contributed by atoms with Crippen LogP contribution >= 0.6 is 35.3 Å². The van der Waals surface area contributed by atoms with Gasteiger partial charge in [0.25, 0.3) is 0 Å². The molecule has 0 aliphatic rings. The second-order valence-electron chi connectivity index (χ2n) is 3.33. The van der Waals surface area contributed by atoms with Crippen molar-refractivity contribution >= 4 is 51.3 Å². The van der Waals surface area contributed by atoms with E-state index in [1.165, 1.54) is 7.11 Å². The second kappa shape index (κ2) is 7.68. The number of esters is 1. The van der Waals surface area contributed by atoms with Gasteiger partial charge in [-0.25, -0.2) is 0 Å². The molecule has 0 aliphatic carbocycles. The summed E-state index contributed by atoms with van der Waals surface area (Å²) in [5.41, 5.74) is 1.11. The predicted octanol–water partition coefficient (Wildman–Crippen LogP) is 3.16. The molecule has 17 heavy (non-hydrogen) atoms. The normalized spacial score (nSPS) is 10.0. The van der Waals surface area contributed by atoms with E-state index in [-0.39, 0.29) is 5.97 Å². The molecule has 0 aromatic carbocycles. The lowest BCUT2D eigenvalue weighted by molar-refractivity contribution is -0.140. The minimum Gasteiger partial charge on any atom is -0.469 e. The van der Waals surface area contributed by atoms with Crippen LogP contribution < -0.4 is 4.90 Å². The van der Waals surface area contributed by atoms with E-state index < -0.39 is 0 Å². The summed E-state index contributed by atoms with van der Waals surface area (Å²) in [6, 6.07) is 2.03. The first-order chi connectivity index (χ1) is 8.15. The highest BCUT2D eigenvalue weighted by Gasteiger charge is 2.08. The molecule has 94 valence electrons. The van der Waals surface area contributed by atoms with Gasteiger partial charge >= 0.3 is 5.97 Å². The number of thiophene rings is 1. The molecular formula is C11H15NO2S3. The molecule has 6 heteroatoms. The number of hydrogen-bond donors (Lipinski definition) is 0. The molecule has 0 N–H and O–H groups in total. The van der Waals surface area contributed by atoms with E-state index in [0.717, 1.165) is 22.2 Å². The van der Waals surface area contributed by atoms with Crippen LogP contribution in [0.4, 0.5) is 5.69 Å². The maximum absolute atomic E-state index is 10.9. The van der Waals surface area contributed by atoms with Crippen LogP contribution in [0.25, 0.3) is 0 Å². The van der Waals surface area contributed by atoms with E-state index in [9.17, 15) is 4.79 Å². The Morgan fingerprint density at radius 1 is 1.65 bits per heavy atom. The van der Waals surface area contributed by atoms with E-state index in [1.807, 2.05) is 23.4 Å². The summed E-state index contributed by atoms with van der Waals surface area (Å²) in [6.45, 7) is 0. The Morgan fingerprint density at radius 2 is 2.41 bits per heavy atom. The summed E-state index contributed by atoms with van der Waals surface area (Å²) in [5.74, 6) is 0.672. The van der Waals surface area contributed by atoms with Crippen molar-refractivity contribution in [2.45, 2.75) is 12.8 Å². The van der Waals surface area contributed by atoms with Gasteiger partial charge in [-0.3, -0.25) is 4.79 Å². The quantitative estimate of drug-likeness (QED) is 0.472. The fourth-order valence-electron chi connectivity index (χ4n) is 1.13. The Bertz CT molecular complexity index is 365. The molecule has 0 radical (unpaired) electrons. The monoisotopic (exact) mass is 289 g/mol. The van der Waals surface area contributed by atoms with Crippen molar-refractivity contribution in [1.29, 1.82) is 0 Å². The Morgan fingerprint density at radius 3 is 3.00 bits per heavy atom. The lowest BCUT2D eigenvalue weighted by Gasteiger charge is -2.17. The Balaban J connectivity index is 2.23. The topological polar surface area (TPSA) is 29.5 Å². The summed E-state index contributed by atoms with van der Waals surface area (Å²) in [7, 11) is 3.36. The zero-order valence-electron chi connectivity index (χ0n) is 9.84. The Kier molecular flexibility index (Phi) is 6.54. The molecule has 1 heterocycles. The summed E-state index contributed by atoms with van der Waals surface area (Å²) >= 11 is 8.55. The van der Waals surface area contributed by atoms with Crippen molar-refractivity contribution in [1.82, 2.24) is 0 Å². The zero-order valence-corrected chi connectivity index (χ0v) is 12.3. The molecule has 0 aliphatic heterocycles. The van der Waals surface area contributed by atoms with Gasteiger partial charge in [-0.15, -0.1) is 0 Å². The van der Waals surface area contributed by atoms with Crippen LogP contribution in [0.5, 0.6) is 0 Å². The SMILES string of the molecule is COC(=O)CCCSC(=S)N(C)c1ccsc1. The number of carbonyl (C=O) groups is 1. The largest absolute Gasteiger partial charge is 0.469 e. The number of ether oxygens (including phenoxy) is 1. The molecule has 0 saturated heterocycles. The van der Waals surface area contributed by atoms with Gasteiger partial charge in [0.15, 0.2) is 0 Å². The highest BCUT2D eigenvalue weighted by Crippen LogP contribution is 2.21. The van der Waals surface area contributed by atoms with Crippen LogP contribution in [0.3, 0.4) is 0 Å². The summed E-state index contributed by atoms with van der Waals surface area (Å²) in [6.07, 6.45) is 1.24. The van der Waals surface area contributed by atoms with Crippen molar-refractivity contribution in [3.63, 3.8) is 0 Å². The lowest BCUT2D eigenvalue weighted by atomic mass is 10.3. The fourth-order valence-corrected chi connectivity index (χ4v) is 2.92. The third-order valence-corrected chi connectivity index (χ3v) is 4.46. The van der Waals surface area contributed by atoms with Crippen molar-refractivity contribution in [2.24, 2.45) is 0 Å². The van der Waals surface area contributed by atoms with Crippen LogP contribution in [0.15, 0.2) is 16.8 Å². The first-order valence-corrected chi connectivity index (χ1v) is 7.48. The molecule has 1 rings (SSSR count). The van der Waals surface area contributed by atoms with Crippen LogP contribution in [0.1, 0.15) is 12.8 Å². The van der Waals surface area contributed by atoms with Crippen molar-refractivity contribution < 1.29 is 9.53 Å². The minimum atomic E-state index is -0.164. The number of thiocarbonyl (C=S) groups is 1.